The van der Waals surface area contributed by atoms with E-state index in [-0.39, 0.29) is 11.6 Å². The highest BCUT2D eigenvalue weighted by Crippen LogP contribution is 2.25. The summed E-state index contributed by atoms with van der Waals surface area (Å²) in [6.45, 7) is -4.11. The molecule has 1 rings (SSSR count). The second-order valence-corrected chi connectivity index (χ2v) is 5.54. The number of nitrogens with one attached hydrogen (secondary N) is 1. The Balaban J connectivity index is 2.72. The van der Waals surface area contributed by atoms with Crippen molar-refractivity contribution in [3.63, 3.8) is 0 Å². The summed E-state index contributed by atoms with van der Waals surface area (Å²) in [7, 11) is 0.374. The zero-order valence-electron chi connectivity index (χ0n) is 5.63. The molecule has 1 aromatic rings. The largest absolute Gasteiger partial charge is 0.742 e. The van der Waals surface area contributed by atoms with E-state index in [2.05, 4.69) is 14.7 Å². The molecule has 9 heteroatoms. The molecule has 1 aromatic heterocycles. The van der Waals surface area contributed by atoms with Crippen LogP contribution in [0.2, 0.25) is 0 Å². The molecule has 0 amide bonds. The van der Waals surface area contributed by atoms with E-state index in [9.17, 15) is 9.69 Å². The number of aromatic amines is 1. The Hall–Kier alpha value is -0.530. The molecule has 0 aliphatic heterocycles. The maximum Gasteiger partial charge on any atom is 0.439 e. The summed E-state index contributed by atoms with van der Waals surface area (Å²) in [5, 5.41) is 3.21. The van der Waals surface area contributed by atoms with Crippen molar-refractivity contribution in [2.45, 2.75) is 5.75 Å². The fourth-order valence-corrected chi connectivity index (χ4v) is 1.75. The Labute approximate surface area is 69.9 Å². The number of hydrogen-bond donors (Lipinski definition) is 3. The minimum absolute atomic E-state index is 0.0873. The lowest BCUT2D eigenvalue weighted by atomic mass is 10.7. The van der Waals surface area contributed by atoms with Crippen LogP contribution in [0, 0.1) is 0 Å². The third-order valence-corrected chi connectivity index (χ3v) is 2.99. The fourth-order valence-electron chi connectivity index (χ4n) is 0.468. The van der Waals surface area contributed by atoms with Gasteiger partial charge in [-0.3, -0.25) is 9.51 Å². The van der Waals surface area contributed by atoms with Crippen LogP contribution in [-0.4, -0.2) is 19.9 Å². The number of hydrogen-bond acceptors (Lipinski definition) is 4. The zero-order valence-corrected chi connectivity index (χ0v) is 7.34. The van der Waals surface area contributed by atoms with Gasteiger partial charge in [-0.1, -0.05) is 5.16 Å². The van der Waals surface area contributed by atoms with Gasteiger partial charge in [0.2, 0.25) is 22.5 Å². The second-order valence-electron chi connectivity index (χ2n) is 1.81. The van der Waals surface area contributed by atoms with Crippen molar-refractivity contribution in [3.8, 4) is 0 Å². The summed E-state index contributed by atoms with van der Waals surface area (Å²) in [5.74, 6) is -0.722. The van der Waals surface area contributed by atoms with E-state index in [4.69, 9.17) is 9.79 Å². The third kappa shape index (κ3) is 3.24. The van der Waals surface area contributed by atoms with E-state index in [1.54, 1.807) is 0 Å². The molecule has 0 spiro atoms. The summed E-state index contributed by atoms with van der Waals surface area (Å²) >= 11 is 0. The maximum atomic E-state index is 10.3. The molecule has 0 aliphatic carbocycles. The van der Waals surface area contributed by atoms with Crippen molar-refractivity contribution >= 4 is 17.7 Å². The SMILES string of the molecule is O=c1[nH]c(C[S+]=P([O-])(O)O)no1. The molecule has 0 bridgehead atoms. The first-order valence-corrected chi connectivity index (χ1v) is 5.92. The highest BCUT2D eigenvalue weighted by molar-refractivity contribution is 8.15. The molecule has 0 unspecified atom stereocenters. The molecule has 0 saturated carbocycles. The molecule has 1 heterocycles. The van der Waals surface area contributed by atoms with Crippen LogP contribution in [0.3, 0.4) is 0 Å². The van der Waals surface area contributed by atoms with Crippen molar-refractivity contribution in [3.05, 3.63) is 16.4 Å². The Kier molecular flexibility index (Phi) is 2.76. The normalized spacial score (nSPS) is 11.6. The molecule has 0 fully saturated rings. The molecular weight excluding hydrogens is 207 g/mol. The molecule has 68 valence electrons. The molecule has 3 N–H and O–H groups in total. The van der Waals surface area contributed by atoms with Crippen LogP contribution in [0.25, 0.3) is 0 Å². The van der Waals surface area contributed by atoms with E-state index in [0.29, 0.717) is 10.9 Å². The molecule has 0 aromatic carbocycles. The number of H-pyrrole nitrogens is 1. The van der Waals surface area contributed by atoms with E-state index >= 15 is 0 Å². The van der Waals surface area contributed by atoms with Crippen LogP contribution in [-0.2, 0) is 16.7 Å². The van der Waals surface area contributed by atoms with Gasteiger partial charge < -0.3 is 14.7 Å². The highest BCUT2D eigenvalue weighted by atomic mass is 32.5. The number of rotatable bonds is 2. The monoisotopic (exact) mass is 212 g/mol. The van der Waals surface area contributed by atoms with Crippen LogP contribution < -0.4 is 10.6 Å². The first-order valence-electron chi connectivity index (χ1n) is 2.72. The quantitative estimate of drug-likeness (QED) is 0.383. The molecule has 0 saturated heterocycles. The zero-order chi connectivity index (χ0) is 9.19. The minimum Gasteiger partial charge on any atom is -0.742 e. The van der Waals surface area contributed by atoms with Gasteiger partial charge in [-0.2, -0.15) is 0 Å². The average molecular weight is 212 g/mol. The average Bonchev–Trinajstić information content (AvgIpc) is 2.30. The van der Waals surface area contributed by atoms with Crippen LogP contribution in [0.1, 0.15) is 5.82 Å². The topological polar surface area (TPSA) is 122 Å². The van der Waals surface area contributed by atoms with Gasteiger partial charge in [0, 0.05) is 0 Å². The third-order valence-electron chi connectivity index (χ3n) is 0.855. The van der Waals surface area contributed by atoms with Gasteiger partial charge in [0.05, 0.1) is 0 Å². The fraction of sp³-hybridized carbons (Fsp3) is 0.333. The summed E-state index contributed by atoms with van der Waals surface area (Å²) in [4.78, 5) is 39.6. The van der Waals surface area contributed by atoms with Crippen LogP contribution in [0.5, 0.6) is 0 Å². The van der Waals surface area contributed by atoms with Crippen LogP contribution in [0.15, 0.2) is 9.32 Å². The summed E-state index contributed by atoms with van der Waals surface area (Å²) in [6.07, 6.45) is 0. The maximum absolute atomic E-state index is 10.3. The first kappa shape index (κ1) is 9.56. The molecular formula is C3H5N2O5PS. The molecule has 0 atom stereocenters. The van der Waals surface area contributed by atoms with Gasteiger partial charge >= 0.3 is 12.5 Å². The van der Waals surface area contributed by atoms with E-state index in [1.807, 2.05) is 0 Å². The molecule has 7 nitrogen and oxygen atoms in total. The van der Waals surface area contributed by atoms with E-state index in [1.165, 1.54) is 0 Å². The minimum atomic E-state index is -4.11. The summed E-state index contributed by atoms with van der Waals surface area (Å²) in [5.41, 5.74) is 0. The standard InChI is InChI=1S/C3H5N2O5PS/c6-3-4-2(5-10-3)1-12-11(7,8)9/h1H2,(H3-,4,5,6,7,8,9). The predicted octanol–water partition coefficient (Wildman–Crippen LogP) is -2.03. The highest BCUT2D eigenvalue weighted by Gasteiger charge is 2.11. The smallest absolute Gasteiger partial charge is 0.439 e. The van der Waals surface area contributed by atoms with Crippen LogP contribution >= 0.6 is 6.72 Å². The van der Waals surface area contributed by atoms with Crippen molar-refractivity contribution < 1.29 is 19.2 Å². The number of nitrogens with zero attached hydrogens (tertiary/aromatic N) is 1. The van der Waals surface area contributed by atoms with Gasteiger partial charge in [-0.15, -0.1) is 0 Å². The van der Waals surface area contributed by atoms with Crippen LogP contribution in [0.4, 0.5) is 0 Å². The van der Waals surface area contributed by atoms with Crippen molar-refractivity contribution in [2.75, 3.05) is 0 Å². The van der Waals surface area contributed by atoms with Crippen molar-refractivity contribution in [1.82, 2.24) is 10.1 Å². The van der Waals surface area contributed by atoms with Crippen molar-refractivity contribution in [1.29, 1.82) is 0 Å². The lowest BCUT2D eigenvalue weighted by Crippen LogP contribution is -2.01. The Bertz CT molecular complexity index is 355. The predicted molar refractivity (Wildman–Crippen MR) is 39.6 cm³/mol. The number of aromatic nitrogens is 2. The van der Waals surface area contributed by atoms with Gasteiger partial charge in [0.25, 0.3) is 0 Å². The lowest BCUT2D eigenvalue weighted by molar-refractivity contribution is -0.196. The van der Waals surface area contributed by atoms with Gasteiger partial charge in [-0.25, -0.2) is 4.79 Å². The Morgan fingerprint density at radius 3 is 2.83 bits per heavy atom. The second kappa shape index (κ2) is 3.46. The molecule has 0 radical (unpaired) electrons. The lowest BCUT2D eigenvalue weighted by Gasteiger charge is -2.00. The Morgan fingerprint density at radius 2 is 2.42 bits per heavy atom. The van der Waals surface area contributed by atoms with Gasteiger partial charge in [-0.05, 0) is 0 Å². The Morgan fingerprint density at radius 1 is 1.75 bits per heavy atom. The van der Waals surface area contributed by atoms with Gasteiger partial charge in [0.15, 0.2) is 0 Å². The van der Waals surface area contributed by atoms with Gasteiger partial charge in [0.1, 0.15) is 0 Å². The van der Waals surface area contributed by atoms with Crippen molar-refractivity contribution in [2.24, 2.45) is 0 Å². The first-order chi connectivity index (χ1) is 5.47. The van der Waals surface area contributed by atoms with E-state index < -0.39 is 12.5 Å². The molecule has 0 aliphatic rings. The molecule has 12 heavy (non-hydrogen) atoms. The summed E-state index contributed by atoms with van der Waals surface area (Å²) in [6, 6.07) is 0. The summed E-state index contributed by atoms with van der Waals surface area (Å²) < 4.78 is 4.10. The van der Waals surface area contributed by atoms with E-state index in [0.717, 1.165) is 0 Å².